The summed E-state index contributed by atoms with van der Waals surface area (Å²) in [7, 11) is 3.29. The summed E-state index contributed by atoms with van der Waals surface area (Å²) in [6.07, 6.45) is 10.4. The molecule has 2 atom stereocenters. The highest BCUT2D eigenvalue weighted by Crippen LogP contribution is 2.36. The molecule has 4 aliphatic rings. The number of fused-ring (bicyclic) bond motifs is 1. The molecule has 0 aromatic rings. The van der Waals surface area contributed by atoms with Crippen LogP contribution >= 0.6 is 0 Å². The van der Waals surface area contributed by atoms with Gasteiger partial charge in [-0.2, -0.15) is 0 Å². The SMILES string of the molecule is COC1=C(OC)CC(C)C(C2=CC(O)N3C=C(C4=CCNCC4)N=CC3=N2)=C1. The molecule has 28 heavy (non-hydrogen) atoms. The standard InChI is InChI=1S/C21H26N4O3/c1-13-8-18(27-2)19(28-3)9-15(13)16-10-21(26)25-12-17(23-11-20(25)24-16)14-4-6-22-7-5-14/h4,9-13,21-22,26H,5-8H2,1-3H3. The first kappa shape index (κ1) is 18.7. The molecular weight excluding hydrogens is 356 g/mol. The van der Waals surface area contributed by atoms with Crippen LogP contribution in [0.3, 0.4) is 0 Å². The molecule has 0 saturated carbocycles. The van der Waals surface area contributed by atoms with Crippen molar-refractivity contribution in [1.82, 2.24) is 10.2 Å². The van der Waals surface area contributed by atoms with E-state index in [0.717, 1.165) is 48.7 Å². The number of hydrogen-bond acceptors (Lipinski definition) is 7. The number of aliphatic hydroxyl groups is 1. The molecule has 7 heteroatoms. The van der Waals surface area contributed by atoms with E-state index >= 15 is 0 Å². The van der Waals surface area contributed by atoms with Crippen molar-refractivity contribution < 1.29 is 14.6 Å². The van der Waals surface area contributed by atoms with E-state index in [9.17, 15) is 5.11 Å². The average molecular weight is 382 g/mol. The summed E-state index contributed by atoms with van der Waals surface area (Å²) in [6, 6.07) is 0. The fourth-order valence-electron chi connectivity index (χ4n) is 3.82. The summed E-state index contributed by atoms with van der Waals surface area (Å²) >= 11 is 0. The Kier molecular flexibility index (Phi) is 5.19. The third kappa shape index (κ3) is 3.43. The van der Waals surface area contributed by atoms with Crippen molar-refractivity contribution in [3.05, 3.63) is 58.5 Å². The van der Waals surface area contributed by atoms with E-state index in [0.29, 0.717) is 11.6 Å². The predicted octanol–water partition coefficient (Wildman–Crippen LogP) is 2.22. The zero-order valence-corrected chi connectivity index (χ0v) is 16.5. The van der Waals surface area contributed by atoms with E-state index in [-0.39, 0.29) is 5.92 Å². The second-order valence-electron chi connectivity index (χ2n) is 7.20. The number of methoxy groups -OCH3 is 2. The maximum absolute atomic E-state index is 10.8. The zero-order chi connectivity index (χ0) is 19.7. The van der Waals surface area contributed by atoms with Gasteiger partial charge in [0, 0.05) is 19.2 Å². The summed E-state index contributed by atoms with van der Waals surface area (Å²) in [4.78, 5) is 11.1. The molecule has 4 rings (SSSR count). The number of aliphatic imine (C=N–C) groups is 2. The fourth-order valence-corrected chi connectivity index (χ4v) is 3.82. The molecule has 0 amide bonds. The number of aliphatic hydroxyl groups excluding tert-OH is 1. The van der Waals surface area contributed by atoms with Gasteiger partial charge in [-0.3, -0.25) is 9.89 Å². The average Bonchev–Trinajstić information content (AvgIpc) is 2.73. The normalized spacial score (nSPS) is 27.3. The second kappa shape index (κ2) is 7.77. The maximum atomic E-state index is 10.8. The Morgan fingerprint density at radius 2 is 2.11 bits per heavy atom. The predicted molar refractivity (Wildman–Crippen MR) is 108 cm³/mol. The minimum atomic E-state index is -0.793. The topological polar surface area (TPSA) is 78.7 Å². The van der Waals surface area contributed by atoms with Gasteiger partial charge < -0.3 is 19.9 Å². The van der Waals surface area contributed by atoms with Gasteiger partial charge in [-0.05, 0) is 42.2 Å². The first-order valence-electron chi connectivity index (χ1n) is 9.56. The van der Waals surface area contributed by atoms with E-state index < -0.39 is 6.23 Å². The third-order valence-corrected chi connectivity index (χ3v) is 5.41. The molecule has 148 valence electrons. The van der Waals surface area contributed by atoms with E-state index in [1.165, 1.54) is 5.57 Å². The zero-order valence-electron chi connectivity index (χ0n) is 16.5. The van der Waals surface area contributed by atoms with Crippen molar-refractivity contribution >= 4 is 12.1 Å². The highest BCUT2D eigenvalue weighted by atomic mass is 16.5. The summed E-state index contributed by atoms with van der Waals surface area (Å²) in [5, 5.41) is 14.1. The fraction of sp³-hybridized carbons (Fsp3) is 0.429. The highest BCUT2D eigenvalue weighted by molar-refractivity contribution is 6.31. The van der Waals surface area contributed by atoms with Gasteiger partial charge in [0.25, 0.3) is 0 Å². The monoisotopic (exact) mass is 382 g/mol. The molecule has 1 aliphatic carbocycles. The van der Waals surface area contributed by atoms with Crippen LogP contribution in [0.25, 0.3) is 0 Å². The molecule has 2 unspecified atom stereocenters. The highest BCUT2D eigenvalue weighted by Gasteiger charge is 2.30. The second-order valence-corrected chi connectivity index (χ2v) is 7.20. The number of ether oxygens (including phenoxy) is 2. The molecule has 3 heterocycles. The summed E-state index contributed by atoms with van der Waals surface area (Å²) in [5.41, 5.74) is 3.85. The van der Waals surface area contributed by atoms with E-state index in [4.69, 9.17) is 14.5 Å². The molecular formula is C21H26N4O3. The van der Waals surface area contributed by atoms with Gasteiger partial charge in [0.15, 0.2) is 17.8 Å². The Balaban J connectivity index is 1.63. The minimum Gasteiger partial charge on any atom is -0.497 e. The van der Waals surface area contributed by atoms with Gasteiger partial charge in [0.2, 0.25) is 0 Å². The molecule has 0 spiro atoms. The van der Waals surface area contributed by atoms with E-state index in [2.05, 4.69) is 23.3 Å². The number of nitrogens with one attached hydrogen (secondary N) is 1. The van der Waals surface area contributed by atoms with Crippen molar-refractivity contribution in [3.8, 4) is 0 Å². The molecule has 0 bridgehead atoms. The van der Waals surface area contributed by atoms with Crippen molar-refractivity contribution in [1.29, 1.82) is 0 Å². The molecule has 0 radical (unpaired) electrons. The van der Waals surface area contributed by atoms with Crippen LogP contribution in [-0.4, -0.2) is 55.6 Å². The van der Waals surface area contributed by atoms with E-state index in [1.807, 2.05) is 12.3 Å². The van der Waals surface area contributed by atoms with Crippen molar-refractivity contribution in [2.75, 3.05) is 27.3 Å². The summed E-state index contributed by atoms with van der Waals surface area (Å²) in [6.45, 7) is 3.91. The lowest BCUT2D eigenvalue weighted by atomic mass is 9.88. The molecule has 2 N–H and O–H groups in total. The molecule has 0 fully saturated rings. The smallest absolute Gasteiger partial charge is 0.156 e. The quantitative estimate of drug-likeness (QED) is 0.780. The largest absolute Gasteiger partial charge is 0.497 e. The van der Waals surface area contributed by atoms with Crippen LogP contribution < -0.4 is 5.32 Å². The molecule has 7 nitrogen and oxygen atoms in total. The summed E-state index contributed by atoms with van der Waals surface area (Å²) in [5.74, 6) is 2.37. The lowest BCUT2D eigenvalue weighted by Gasteiger charge is -2.33. The first-order valence-corrected chi connectivity index (χ1v) is 9.56. The number of allylic oxidation sites excluding steroid dienone is 4. The van der Waals surface area contributed by atoms with Crippen molar-refractivity contribution in [2.45, 2.75) is 26.0 Å². The third-order valence-electron chi connectivity index (χ3n) is 5.41. The van der Waals surface area contributed by atoms with Gasteiger partial charge in [-0.15, -0.1) is 0 Å². The van der Waals surface area contributed by atoms with Gasteiger partial charge in [-0.1, -0.05) is 13.0 Å². The first-order chi connectivity index (χ1) is 13.6. The Hall–Kier alpha value is -2.64. The molecule has 0 aromatic carbocycles. The van der Waals surface area contributed by atoms with E-state index in [1.54, 1.807) is 31.4 Å². The molecule has 0 aromatic heterocycles. The minimum absolute atomic E-state index is 0.203. The van der Waals surface area contributed by atoms with Crippen LogP contribution in [0.2, 0.25) is 0 Å². The van der Waals surface area contributed by atoms with Crippen LogP contribution in [-0.2, 0) is 9.47 Å². The number of amidine groups is 1. The number of nitrogens with zero attached hydrogens (tertiary/aromatic N) is 3. The number of hydrogen-bond donors (Lipinski definition) is 2. The summed E-state index contributed by atoms with van der Waals surface area (Å²) < 4.78 is 10.9. The van der Waals surface area contributed by atoms with Crippen LogP contribution in [0.4, 0.5) is 0 Å². The number of rotatable bonds is 4. The van der Waals surface area contributed by atoms with Gasteiger partial charge in [-0.25, -0.2) is 4.99 Å². The lowest BCUT2D eigenvalue weighted by Crippen LogP contribution is -2.40. The maximum Gasteiger partial charge on any atom is 0.156 e. The molecule has 3 aliphatic heterocycles. The van der Waals surface area contributed by atoms with Gasteiger partial charge in [0.1, 0.15) is 5.76 Å². The molecule has 0 saturated heterocycles. The Labute approximate surface area is 165 Å². The van der Waals surface area contributed by atoms with Crippen molar-refractivity contribution in [2.24, 2.45) is 15.9 Å². The Morgan fingerprint density at radius 1 is 1.25 bits per heavy atom. The van der Waals surface area contributed by atoms with Crippen LogP contribution in [0.1, 0.15) is 19.8 Å². The Morgan fingerprint density at radius 3 is 2.82 bits per heavy atom. The van der Waals surface area contributed by atoms with Gasteiger partial charge in [0.05, 0.1) is 31.8 Å². The van der Waals surface area contributed by atoms with Crippen LogP contribution in [0, 0.1) is 5.92 Å². The van der Waals surface area contributed by atoms with Crippen molar-refractivity contribution in [3.63, 3.8) is 0 Å². The Bertz CT molecular complexity index is 876. The van der Waals surface area contributed by atoms with Gasteiger partial charge >= 0.3 is 0 Å². The van der Waals surface area contributed by atoms with Crippen LogP contribution in [0.5, 0.6) is 0 Å². The van der Waals surface area contributed by atoms with Crippen LogP contribution in [0.15, 0.2) is 68.5 Å². The lowest BCUT2D eigenvalue weighted by molar-refractivity contribution is 0.125.